The summed E-state index contributed by atoms with van der Waals surface area (Å²) in [5.74, 6) is 0.964. The maximum atomic E-state index is 5.63. The zero-order chi connectivity index (χ0) is 22.7. The molecule has 5 N–H and O–H groups in total. The molecule has 188 valence electrons. The molecule has 0 rings (SSSR count). The summed E-state index contributed by atoms with van der Waals surface area (Å²) in [6, 6.07) is 0. The molecule has 0 spiro atoms. The summed E-state index contributed by atoms with van der Waals surface area (Å²) in [7, 11) is 0. The van der Waals surface area contributed by atoms with E-state index in [2.05, 4.69) is 12.2 Å². The van der Waals surface area contributed by atoms with Crippen LogP contribution in [0.2, 0.25) is 0 Å². The van der Waals surface area contributed by atoms with Crippen LogP contribution in [0.4, 0.5) is 0 Å². The van der Waals surface area contributed by atoms with Gasteiger partial charge in [0.2, 0.25) is 0 Å². The van der Waals surface area contributed by atoms with Gasteiger partial charge in [-0.15, -0.1) is 0 Å². The van der Waals surface area contributed by atoms with E-state index >= 15 is 0 Å². The van der Waals surface area contributed by atoms with E-state index < -0.39 is 0 Å². The van der Waals surface area contributed by atoms with Crippen molar-refractivity contribution in [3.8, 4) is 0 Å². The highest BCUT2D eigenvalue weighted by Gasteiger charge is 2.08. The summed E-state index contributed by atoms with van der Waals surface area (Å²) in [6.45, 7) is 6.46. The van der Waals surface area contributed by atoms with Crippen molar-refractivity contribution in [2.24, 2.45) is 17.4 Å². The Balaban J connectivity index is 3.59. The van der Waals surface area contributed by atoms with Crippen molar-refractivity contribution in [1.29, 1.82) is 0 Å². The first-order valence-corrected chi connectivity index (χ1v) is 14.5. The number of hydrogen-bond donors (Lipinski definition) is 3. The Kier molecular flexibility index (Phi) is 27.8. The van der Waals surface area contributed by atoms with Gasteiger partial charge in [0, 0.05) is 0 Å². The second-order valence-electron chi connectivity index (χ2n) is 9.92. The molecule has 0 bridgehead atoms. The smallest absolute Gasteiger partial charge is 0.00489 e. The number of nitrogens with two attached hydrogens (primary N) is 2. The van der Waals surface area contributed by atoms with Crippen LogP contribution in [0, 0.1) is 5.92 Å². The summed E-state index contributed by atoms with van der Waals surface area (Å²) in [4.78, 5) is 0. The summed E-state index contributed by atoms with van der Waals surface area (Å²) >= 11 is 0. The second kappa shape index (κ2) is 27.9. The lowest BCUT2D eigenvalue weighted by molar-refractivity contribution is 0.367. The average molecular weight is 440 g/mol. The Bertz CT molecular complexity index is 295. The predicted molar refractivity (Wildman–Crippen MR) is 142 cm³/mol. The van der Waals surface area contributed by atoms with Crippen LogP contribution in [-0.4, -0.2) is 26.2 Å². The van der Waals surface area contributed by atoms with E-state index in [0.29, 0.717) is 0 Å². The zero-order valence-electron chi connectivity index (χ0n) is 21.6. The van der Waals surface area contributed by atoms with Crippen molar-refractivity contribution in [3.05, 3.63) is 0 Å². The lowest BCUT2D eigenvalue weighted by Gasteiger charge is -2.17. The highest BCUT2D eigenvalue weighted by Crippen LogP contribution is 2.24. The van der Waals surface area contributed by atoms with E-state index in [1.165, 1.54) is 154 Å². The highest BCUT2D eigenvalue weighted by atomic mass is 14.8. The number of rotatable bonds is 27. The van der Waals surface area contributed by atoms with E-state index in [9.17, 15) is 0 Å². The maximum absolute atomic E-state index is 5.63. The normalized spacial score (nSPS) is 11.6. The predicted octanol–water partition coefficient (Wildman–Crippen LogP) is 7.71. The van der Waals surface area contributed by atoms with Crippen molar-refractivity contribution >= 4 is 0 Å². The van der Waals surface area contributed by atoms with Crippen LogP contribution in [0.3, 0.4) is 0 Å². The van der Waals surface area contributed by atoms with E-state index in [4.69, 9.17) is 11.5 Å². The van der Waals surface area contributed by atoms with Gasteiger partial charge in [0.25, 0.3) is 0 Å². The Morgan fingerprint density at radius 1 is 0.452 bits per heavy atom. The van der Waals surface area contributed by atoms with Gasteiger partial charge in [0.05, 0.1) is 0 Å². The Labute approximate surface area is 197 Å². The van der Waals surface area contributed by atoms with E-state index in [1.807, 2.05) is 0 Å². The summed E-state index contributed by atoms with van der Waals surface area (Å²) in [5.41, 5.74) is 11.3. The Hall–Kier alpha value is -0.120. The molecule has 0 saturated heterocycles. The maximum Gasteiger partial charge on any atom is -0.00489 e. The first kappa shape index (κ1) is 30.9. The molecule has 0 saturated carbocycles. The fourth-order valence-electron chi connectivity index (χ4n) is 4.66. The molecule has 0 aromatic heterocycles. The molecular formula is C28H61N3. The van der Waals surface area contributed by atoms with Crippen molar-refractivity contribution in [3.63, 3.8) is 0 Å². The molecule has 0 heterocycles. The highest BCUT2D eigenvalue weighted by molar-refractivity contribution is 4.62. The molecule has 0 aromatic rings. The monoisotopic (exact) mass is 439 g/mol. The van der Waals surface area contributed by atoms with Gasteiger partial charge in [-0.2, -0.15) is 0 Å². The molecular weight excluding hydrogens is 378 g/mol. The zero-order valence-corrected chi connectivity index (χ0v) is 21.6. The first-order chi connectivity index (χ1) is 15.3. The minimum Gasteiger partial charge on any atom is -0.330 e. The molecule has 0 radical (unpaired) electrons. The van der Waals surface area contributed by atoms with E-state index in [1.54, 1.807) is 0 Å². The average Bonchev–Trinajstić information content (AvgIpc) is 2.78. The standard InChI is InChI=1S/C28H61N3/c1-2-3-4-5-6-12-19-26-31-27-20-13-9-16-23-28(21-14-7-10-17-24-29)22-15-8-11-18-25-30/h28,31H,2-27,29-30H2,1H3. The Morgan fingerprint density at radius 2 is 0.806 bits per heavy atom. The number of hydrogen-bond acceptors (Lipinski definition) is 3. The van der Waals surface area contributed by atoms with Crippen molar-refractivity contribution in [1.82, 2.24) is 5.32 Å². The van der Waals surface area contributed by atoms with E-state index in [0.717, 1.165) is 19.0 Å². The molecule has 0 fully saturated rings. The van der Waals surface area contributed by atoms with Crippen LogP contribution < -0.4 is 16.8 Å². The molecule has 0 aliphatic heterocycles. The van der Waals surface area contributed by atoms with Gasteiger partial charge < -0.3 is 16.8 Å². The lowest BCUT2D eigenvalue weighted by atomic mass is 9.89. The fourth-order valence-corrected chi connectivity index (χ4v) is 4.66. The van der Waals surface area contributed by atoms with Crippen LogP contribution in [0.1, 0.15) is 148 Å². The van der Waals surface area contributed by atoms with Gasteiger partial charge in [0.1, 0.15) is 0 Å². The van der Waals surface area contributed by atoms with Crippen molar-refractivity contribution in [2.45, 2.75) is 148 Å². The quantitative estimate of drug-likeness (QED) is 0.115. The van der Waals surface area contributed by atoms with Gasteiger partial charge >= 0.3 is 0 Å². The van der Waals surface area contributed by atoms with Gasteiger partial charge in [-0.1, -0.05) is 122 Å². The molecule has 31 heavy (non-hydrogen) atoms. The molecule has 0 aliphatic carbocycles. The van der Waals surface area contributed by atoms with E-state index in [-0.39, 0.29) is 0 Å². The molecule has 0 aliphatic rings. The molecule has 3 heteroatoms. The third kappa shape index (κ3) is 26.0. The van der Waals surface area contributed by atoms with Crippen molar-refractivity contribution < 1.29 is 0 Å². The van der Waals surface area contributed by atoms with Crippen LogP contribution in [0.25, 0.3) is 0 Å². The molecule has 0 aromatic carbocycles. The van der Waals surface area contributed by atoms with Gasteiger partial charge in [-0.25, -0.2) is 0 Å². The van der Waals surface area contributed by atoms with Crippen molar-refractivity contribution in [2.75, 3.05) is 26.2 Å². The summed E-state index contributed by atoms with van der Waals surface area (Å²) in [5, 5.41) is 3.66. The minimum absolute atomic E-state index is 0.860. The SMILES string of the molecule is CCCCCCCCCNCCCCCCC(CCCCCCN)CCCCCCN. The summed E-state index contributed by atoms with van der Waals surface area (Å²) < 4.78 is 0. The first-order valence-electron chi connectivity index (χ1n) is 14.5. The molecule has 0 unspecified atom stereocenters. The second-order valence-corrected chi connectivity index (χ2v) is 9.92. The van der Waals surface area contributed by atoms with Crippen LogP contribution in [0.5, 0.6) is 0 Å². The molecule has 0 amide bonds. The van der Waals surface area contributed by atoms with Crippen LogP contribution in [-0.2, 0) is 0 Å². The van der Waals surface area contributed by atoms with Crippen LogP contribution in [0.15, 0.2) is 0 Å². The third-order valence-electron chi connectivity index (χ3n) is 6.81. The number of unbranched alkanes of at least 4 members (excludes halogenated alkanes) is 15. The number of nitrogens with one attached hydrogen (secondary N) is 1. The minimum atomic E-state index is 0.860. The molecule has 3 nitrogen and oxygen atoms in total. The lowest BCUT2D eigenvalue weighted by Crippen LogP contribution is -2.16. The van der Waals surface area contributed by atoms with Gasteiger partial charge in [-0.3, -0.25) is 0 Å². The fraction of sp³-hybridized carbons (Fsp3) is 1.00. The Morgan fingerprint density at radius 3 is 1.23 bits per heavy atom. The largest absolute Gasteiger partial charge is 0.330 e. The topological polar surface area (TPSA) is 64.1 Å². The summed E-state index contributed by atoms with van der Waals surface area (Å²) in [6.07, 6.45) is 30.5. The van der Waals surface area contributed by atoms with Gasteiger partial charge in [0.15, 0.2) is 0 Å². The van der Waals surface area contributed by atoms with Crippen LogP contribution >= 0.6 is 0 Å². The molecule has 0 atom stereocenters. The van der Waals surface area contributed by atoms with Gasteiger partial charge in [-0.05, 0) is 57.8 Å². The third-order valence-corrected chi connectivity index (χ3v) is 6.81.